The van der Waals surface area contributed by atoms with Crippen LogP contribution < -0.4 is 10.6 Å². The van der Waals surface area contributed by atoms with Crippen LogP contribution in [0.4, 0.5) is 10.5 Å². The van der Waals surface area contributed by atoms with E-state index in [-0.39, 0.29) is 12.1 Å². The van der Waals surface area contributed by atoms with Gasteiger partial charge in [-0.05, 0) is 56.2 Å². The Bertz CT molecular complexity index is 739. The summed E-state index contributed by atoms with van der Waals surface area (Å²) in [5.41, 5.74) is 4.42. The van der Waals surface area contributed by atoms with Crippen molar-refractivity contribution in [3.8, 4) is 0 Å². The van der Waals surface area contributed by atoms with Crippen molar-refractivity contribution < 1.29 is 14.3 Å². The molecule has 2 aromatic rings. The molecule has 2 amide bonds. The van der Waals surface area contributed by atoms with E-state index in [1.165, 1.54) is 7.11 Å². The van der Waals surface area contributed by atoms with Gasteiger partial charge in [-0.1, -0.05) is 23.8 Å². The SMILES string of the molecule is COC(=O)c1ccc(NC(=O)N[C@@H](C)c2cc(C)ccc2C)cc1. The van der Waals surface area contributed by atoms with E-state index in [4.69, 9.17) is 0 Å². The summed E-state index contributed by atoms with van der Waals surface area (Å²) in [5, 5.41) is 5.68. The molecule has 2 N–H and O–H groups in total. The molecule has 126 valence electrons. The number of hydrogen-bond acceptors (Lipinski definition) is 3. The Hall–Kier alpha value is -2.82. The number of methoxy groups -OCH3 is 1. The fraction of sp³-hybridized carbons (Fsp3) is 0.263. The number of benzene rings is 2. The van der Waals surface area contributed by atoms with Crippen LogP contribution in [-0.2, 0) is 4.74 Å². The molecule has 0 aliphatic rings. The summed E-state index contributed by atoms with van der Waals surface area (Å²) in [7, 11) is 1.33. The van der Waals surface area contributed by atoms with Gasteiger partial charge in [-0.25, -0.2) is 9.59 Å². The summed E-state index contributed by atoms with van der Waals surface area (Å²) in [6.07, 6.45) is 0. The fourth-order valence-corrected chi connectivity index (χ4v) is 2.48. The van der Waals surface area contributed by atoms with Crippen LogP contribution in [0.2, 0.25) is 0 Å². The summed E-state index contributed by atoms with van der Waals surface area (Å²) < 4.78 is 4.64. The number of ether oxygens (including phenoxy) is 1. The molecule has 0 spiro atoms. The molecule has 0 aliphatic carbocycles. The Kier molecular flexibility index (Phi) is 5.58. The van der Waals surface area contributed by atoms with Gasteiger partial charge in [0, 0.05) is 5.69 Å². The van der Waals surface area contributed by atoms with Gasteiger partial charge in [-0.2, -0.15) is 0 Å². The first-order valence-electron chi connectivity index (χ1n) is 7.73. The van der Waals surface area contributed by atoms with Gasteiger partial charge >= 0.3 is 12.0 Å². The Morgan fingerprint density at radius 2 is 1.71 bits per heavy atom. The monoisotopic (exact) mass is 326 g/mol. The summed E-state index contributed by atoms with van der Waals surface area (Å²) in [6.45, 7) is 6.00. The molecule has 0 radical (unpaired) electrons. The second-order valence-electron chi connectivity index (χ2n) is 5.75. The number of aryl methyl sites for hydroxylation is 2. The molecule has 0 aliphatic heterocycles. The van der Waals surface area contributed by atoms with Gasteiger partial charge in [0.1, 0.15) is 0 Å². The van der Waals surface area contributed by atoms with Gasteiger partial charge in [0.2, 0.25) is 0 Å². The molecule has 1 atom stereocenters. The molecule has 0 heterocycles. The summed E-state index contributed by atoms with van der Waals surface area (Å²) in [4.78, 5) is 23.5. The van der Waals surface area contributed by atoms with Gasteiger partial charge < -0.3 is 15.4 Å². The fourth-order valence-electron chi connectivity index (χ4n) is 2.48. The zero-order valence-corrected chi connectivity index (χ0v) is 14.3. The predicted molar refractivity (Wildman–Crippen MR) is 94.3 cm³/mol. The minimum atomic E-state index is -0.408. The van der Waals surface area contributed by atoms with E-state index in [1.54, 1.807) is 24.3 Å². The molecular formula is C19H22N2O3. The topological polar surface area (TPSA) is 67.4 Å². The lowest BCUT2D eigenvalue weighted by atomic mass is 10.0. The number of esters is 1. The summed E-state index contributed by atoms with van der Waals surface area (Å²) in [5.74, 6) is -0.408. The molecule has 0 aromatic heterocycles. The maximum absolute atomic E-state index is 12.2. The highest BCUT2D eigenvalue weighted by Crippen LogP contribution is 2.19. The molecule has 2 aromatic carbocycles. The first-order valence-corrected chi connectivity index (χ1v) is 7.73. The van der Waals surface area contributed by atoms with Crippen LogP contribution in [0, 0.1) is 13.8 Å². The van der Waals surface area contributed by atoms with Gasteiger partial charge in [-0.3, -0.25) is 0 Å². The van der Waals surface area contributed by atoms with E-state index in [9.17, 15) is 9.59 Å². The third-order valence-corrected chi connectivity index (χ3v) is 3.81. The Labute approximate surface area is 142 Å². The van der Waals surface area contributed by atoms with Crippen LogP contribution in [0.5, 0.6) is 0 Å². The number of nitrogens with one attached hydrogen (secondary N) is 2. The number of rotatable bonds is 4. The number of carbonyl (C=O) groups is 2. The van der Waals surface area contributed by atoms with E-state index in [2.05, 4.69) is 27.5 Å². The van der Waals surface area contributed by atoms with Gasteiger partial charge in [0.15, 0.2) is 0 Å². The number of urea groups is 1. The third kappa shape index (κ3) is 4.35. The lowest BCUT2D eigenvalue weighted by molar-refractivity contribution is 0.0601. The van der Waals surface area contributed by atoms with Crippen molar-refractivity contribution in [1.29, 1.82) is 0 Å². The smallest absolute Gasteiger partial charge is 0.337 e. The molecule has 0 bridgehead atoms. The highest BCUT2D eigenvalue weighted by molar-refractivity contribution is 5.92. The van der Waals surface area contributed by atoms with Crippen molar-refractivity contribution in [1.82, 2.24) is 5.32 Å². The van der Waals surface area contributed by atoms with Gasteiger partial charge in [-0.15, -0.1) is 0 Å². The quantitative estimate of drug-likeness (QED) is 0.835. The number of anilines is 1. The Balaban J connectivity index is 2.00. The predicted octanol–water partition coefficient (Wildman–Crippen LogP) is 3.97. The van der Waals surface area contributed by atoms with Crippen LogP contribution in [0.3, 0.4) is 0 Å². The third-order valence-electron chi connectivity index (χ3n) is 3.81. The maximum Gasteiger partial charge on any atom is 0.337 e. The first kappa shape index (κ1) is 17.5. The zero-order chi connectivity index (χ0) is 17.7. The van der Waals surface area contributed by atoms with E-state index in [0.29, 0.717) is 11.3 Å². The summed E-state index contributed by atoms with van der Waals surface area (Å²) >= 11 is 0. The van der Waals surface area contributed by atoms with E-state index >= 15 is 0 Å². The highest BCUT2D eigenvalue weighted by atomic mass is 16.5. The standard InChI is InChI=1S/C19H22N2O3/c1-12-5-6-13(2)17(11-12)14(3)20-19(23)21-16-9-7-15(8-10-16)18(22)24-4/h5-11,14H,1-4H3,(H2,20,21,23)/t14-/m0/s1. The van der Waals surface area contributed by atoms with Crippen molar-refractivity contribution in [2.24, 2.45) is 0 Å². The Morgan fingerprint density at radius 3 is 2.33 bits per heavy atom. The van der Waals surface area contributed by atoms with Crippen LogP contribution >= 0.6 is 0 Å². The average Bonchev–Trinajstić information content (AvgIpc) is 2.56. The molecule has 0 saturated carbocycles. The minimum absolute atomic E-state index is 0.112. The lowest BCUT2D eigenvalue weighted by Gasteiger charge is -2.18. The normalized spacial score (nSPS) is 11.5. The van der Waals surface area contributed by atoms with Crippen LogP contribution in [0.1, 0.15) is 40.0 Å². The van der Waals surface area contributed by atoms with Crippen LogP contribution in [0.15, 0.2) is 42.5 Å². The first-order chi connectivity index (χ1) is 11.4. The van der Waals surface area contributed by atoms with E-state index < -0.39 is 5.97 Å². The molecule has 5 heteroatoms. The second-order valence-corrected chi connectivity index (χ2v) is 5.75. The van der Waals surface area contributed by atoms with Crippen molar-refractivity contribution in [3.63, 3.8) is 0 Å². The lowest BCUT2D eigenvalue weighted by Crippen LogP contribution is -2.31. The van der Waals surface area contributed by atoms with Gasteiger partial charge in [0.25, 0.3) is 0 Å². The zero-order valence-electron chi connectivity index (χ0n) is 14.3. The Morgan fingerprint density at radius 1 is 1.04 bits per heavy atom. The van der Waals surface area contributed by atoms with E-state index in [0.717, 1.165) is 16.7 Å². The van der Waals surface area contributed by atoms with Crippen molar-refractivity contribution in [2.75, 3.05) is 12.4 Å². The van der Waals surface area contributed by atoms with E-state index in [1.807, 2.05) is 26.8 Å². The minimum Gasteiger partial charge on any atom is -0.465 e. The average molecular weight is 326 g/mol. The van der Waals surface area contributed by atoms with Crippen molar-refractivity contribution >= 4 is 17.7 Å². The molecule has 0 unspecified atom stereocenters. The molecule has 0 saturated heterocycles. The molecule has 0 fully saturated rings. The van der Waals surface area contributed by atoms with Crippen LogP contribution in [-0.4, -0.2) is 19.1 Å². The maximum atomic E-state index is 12.2. The highest BCUT2D eigenvalue weighted by Gasteiger charge is 2.12. The van der Waals surface area contributed by atoms with Crippen molar-refractivity contribution in [2.45, 2.75) is 26.8 Å². The van der Waals surface area contributed by atoms with Gasteiger partial charge in [0.05, 0.1) is 18.7 Å². The van der Waals surface area contributed by atoms with Crippen molar-refractivity contribution in [3.05, 3.63) is 64.7 Å². The number of hydrogen-bond donors (Lipinski definition) is 2. The summed E-state index contributed by atoms with van der Waals surface area (Å²) in [6, 6.07) is 12.3. The molecule has 5 nitrogen and oxygen atoms in total. The molecular weight excluding hydrogens is 304 g/mol. The number of amides is 2. The molecule has 2 rings (SSSR count). The molecule has 24 heavy (non-hydrogen) atoms. The number of carbonyl (C=O) groups excluding carboxylic acids is 2. The second kappa shape index (κ2) is 7.64. The largest absolute Gasteiger partial charge is 0.465 e. The van der Waals surface area contributed by atoms with Crippen LogP contribution in [0.25, 0.3) is 0 Å².